The summed E-state index contributed by atoms with van der Waals surface area (Å²) in [5, 5.41) is 14.7. The van der Waals surface area contributed by atoms with Crippen LogP contribution < -0.4 is 5.32 Å². The molecule has 3 unspecified atom stereocenters. The third-order valence-electron chi connectivity index (χ3n) is 4.37. The molecule has 4 heteroatoms. The Balaban J connectivity index is 1.95. The lowest BCUT2D eigenvalue weighted by Gasteiger charge is -2.23. The lowest BCUT2D eigenvalue weighted by Crippen LogP contribution is -2.33. The summed E-state index contributed by atoms with van der Waals surface area (Å²) in [5.41, 5.74) is 0. The Bertz CT molecular complexity index is 405. The molecule has 1 saturated carbocycles. The number of thiophene rings is 1. The van der Waals surface area contributed by atoms with E-state index >= 15 is 0 Å². The summed E-state index contributed by atoms with van der Waals surface area (Å²) in [6.45, 7) is 2.28. The fourth-order valence-electron chi connectivity index (χ4n) is 3.14. The van der Waals surface area contributed by atoms with E-state index < -0.39 is 5.97 Å². The van der Waals surface area contributed by atoms with Gasteiger partial charge in [-0.1, -0.05) is 32.3 Å². The first-order chi connectivity index (χ1) is 9.69. The molecule has 1 fully saturated rings. The van der Waals surface area contributed by atoms with Crippen LogP contribution in [0, 0.1) is 5.92 Å². The lowest BCUT2D eigenvalue weighted by molar-refractivity contribution is -0.137. The standard InChI is InChI=1S/C16H25NO2S/c1-2-12-5-3-6-13(9-8-12)17-14(11-16(18)19)15-7-4-10-20-15/h4,7,10,12-14,17H,2-3,5-6,8-9,11H2,1H3,(H,18,19). The molecule has 1 aromatic heterocycles. The highest BCUT2D eigenvalue weighted by molar-refractivity contribution is 7.10. The van der Waals surface area contributed by atoms with Gasteiger partial charge in [0.1, 0.15) is 0 Å². The Morgan fingerprint density at radius 2 is 2.30 bits per heavy atom. The fraction of sp³-hybridized carbons (Fsp3) is 0.688. The number of carboxylic acids is 1. The van der Waals surface area contributed by atoms with Gasteiger partial charge in [-0.3, -0.25) is 4.79 Å². The van der Waals surface area contributed by atoms with E-state index in [2.05, 4.69) is 12.2 Å². The summed E-state index contributed by atoms with van der Waals surface area (Å²) in [4.78, 5) is 12.2. The fourth-order valence-corrected chi connectivity index (χ4v) is 3.93. The van der Waals surface area contributed by atoms with Gasteiger partial charge in [-0.05, 0) is 36.6 Å². The minimum absolute atomic E-state index is 0.0318. The lowest BCUT2D eigenvalue weighted by atomic mass is 9.97. The molecule has 0 amide bonds. The third-order valence-corrected chi connectivity index (χ3v) is 5.35. The highest BCUT2D eigenvalue weighted by Crippen LogP contribution is 2.29. The molecule has 2 rings (SSSR count). The van der Waals surface area contributed by atoms with Crippen LogP contribution in [0.4, 0.5) is 0 Å². The van der Waals surface area contributed by atoms with Crippen molar-refractivity contribution in [2.75, 3.05) is 0 Å². The maximum atomic E-state index is 11.1. The molecule has 2 N–H and O–H groups in total. The van der Waals surface area contributed by atoms with E-state index in [1.165, 1.54) is 38.5 Å². The maximum absolute atomic E-state index is 11.1. The first-order valence-corrected chi connectivity index (χ1v) is 8.58. The average molecular weight is 295 g/mol. The zero-order valence-electron chi connectivity index (χ0n) is 12.2. The number of aliphatic carboxylic acids is 1. The van der Waals surface area contributed by atoms with Crippen LogP contribution in [0.25, 0.3) is 0 Å². The third kappa shape index (κ3) is 4.60. The van der Waals surface area contributed by atoms with Crippen LogP contribution in [0.15, 0.2) is 17.5 Å². The number of hydrogen-bond acceptors (Lipinski definition) is 3. The highest BCUT2D eigenvalue weighted by Gasteiger charge is 2.23. The summed E-state index contributed by atoms with van der Waals surface area (Å²) in [7, 11) is 0. The highest BCUT2D eigenvalue weighted by atomic mass is 32.1. The van der Waals surface area contributed by atoms with Gasteiger partial charge < -0.3 is 10.4 Å². The minimum atomic E-state index is -0.726. The Morgan fingerprint density at radius 1 is 1.45 bits per heavy atom. The number of nitrogens with one attached hydrogen (secondary N) is 1. The summed E-state index contributed by atoms with van der Waals surface area (Å²) < 4.78 is 0. The van der Waals surface area contributed by atoms with E-state index in [9.17, 15) is 4.79 Å². The number of carboxylic acid groups (broad SMARTS) is 1. The zero-order valence-corrected chi connectivity index (χ0v) is 13.0. The predicted molar refractivity (Wildman–Crippen MR) is 83.1 cm³/mol. The molecule has 3 atom stereocenters. The first kappa shape index (κ1) is 15.5. The van der Waals surface area contributed by atoms with Crippen LogP contribution >= 0.6 is 11.3 Å². The average Bonchev–Trinajstić information content (AvgIpc) is 2.85. The molecule has 112 valence electrons. The molecule has 0 aliphatic heterocycles. The van der Waals surface area contributed by atoms with Crippen molar-refractivity contribution in [3.63, 3.8) is 0 Å². The van der Waals surface area contributed by atoms with Gasteiger partial charge in [-0.2, -0.15) is 0 Å². The van der Waals surface area contributed by atoms with Gasteiger partial charge >= 0.3 is 5.97 Å². The second-order valence-corrected chi connectivity index (χ2v) is 6.79. The molecule has 1 aliphatic carbocycles. The largest absolute Gasteiger partial charge is 0.481 e. The summed E-state index contributed by atoms with van der Waals surface area (Å²) in [5.74, 6) is 0.136. The summed E-state index contributed by atoms with van der Waals surface area (Å²) in [6, 6.07) is 4.47. The van der Waals surface area contributed by atoms with Gasteiger partial charge in [0.25, 0.3) is 0 Å². The summed E-state index contributed by atoms with van der Waals surface area (Å²) in [6.07, 6.45) is 7.68. The Morgan fingerprint density at radius 3 is 2.95 bits per heavy atom. The molecular formula is C16H25NO2S. The molecule has 1 aliphatic rings. The quantitative estimate of drug-likeness (QED) is 0.773. The monoisotopic (exact) mass is 295 g/mol. The van der Waals surface area contributed by atoms with Crippen LogP contribution in [-0.2, 0) is 4.79 Å². The van der Waals surface area contributed by atoms with E-state index in [1.54, 1.807) is 11.3 Å². The van der Waals surface area contributed by atoms with Crippen molar-refractivity contribution in [3.8, 4) is 0 Å². The topological polar surface area (TPSA) is 49.3 Å². The molecule has 1 heterocycles. The smallest absolute Gasteiger partial charge is 0.305 e. The van der Waals surface area contributed by atoms with Crippen LogP contribution in [-0.4, -0.2) is 17.1 Å². The van der Waals surface area contributed by atoms with Crippen molar-refractivity contribution in [1.29, 1.82) is 0 Å². The van der Waals surface area contributed by atoms with Gasteiger partial charge in [-0.25, -0.2) is 0 Å². The van der Waals surface area contributed by atoms with Crippen LogP contribution in [0.5, 0.6) is 0 Å². The molecule has 3 nitrogen and oxygen atoms in total. The van der Waals surface area contributed by atoms with E-state index in [4.69, 9.17) is 5.11 Å². The van der Waals surface area contributed by atoms with Crippen molar-refractivity contribution >= 4 is 17.3 Å². The van der Waals surface area contributed by atoms with Gasteiger partial charge in [0.15, 0.2) is 0 Å². The second kappa shape index (κ2) is 7.79. The van der Waals surface area contributed by atoms with Gasteiger partial charge in [0, 0.05) is 10.9 Å². The van der Waals surface area contributed by atoms with Crippen LogP contribution in [0.1, 0.15) is 62.8 Å². The van der Waals surface area contributed by atoms with Crippen molar-refractivity contribution in [2.24, 2.45) is 5.92 Å². The minimum Gasteiger partial charge on any atom is -0.481 e. The molecule has 1 aromatic rings. The molecule has 0 radical (unpaired) electrons. The number of hydrogen-bond donors (Lipinski definition) is 2. The maximum Gasteiger partial charge on any atom is 0.305 e. The molecule has 0 spiro atoms. The predicted octanol–water partition coefficient (Wildman–Crippen LogP) is 4.21. The van der Waals surface area contributed by atoms with E-state index in [0.29, 0.717) is 6.04 Å². The van der Waals surface area contributed by atoms with Gasteiger partial charge in [0.2, 0.25) is 0 Å². The zero-order chi connectivity index (χ0) is 14.4. The van der Waals surface area contributed by atoms with Gasteiger partial charge in [-0.15, -0.1) is 11.3 Å². The number of rotatable bonds is 6. The first-order valence-electron chi connectivity index (χ1n) is 7.70. The van der Waals surface area contributed by atoms with E-state index in [1.807, 2.05) is 17.5 Å². The van der Waals surface area contributed by atoms with Crippen LogP contribution in [0.2, 0.25) is 0 Å². The SMILES string of the molecule is CCC1CCCC(NC(CC(=O)O)c2cccs2)CC1. The van der Waals surface area contributed by atoms with Crippen molar-refractivity contribution in [1.82, 2.24) is 5.32 Å². The molecule has 0 aromatic carbocycles. The van der Waals surface area contributed by atoms with Crippen molar-refractivity contribution in [2.45, 2.75) is 64.0 Å². The normalized spacial score (nSPS) is 25.1. The Labute approximate surface area is 125 Å². The molecular weight excluding hydrogens is 270 g/mol. The Kier molecular flexibility index (Phi) is 6.05. The van der Waals surface area contributed by atoms with Crippen molar-refractivity contribution in [3.05, 3.63) is 22.4 Å². The second-order valence-electron chi connectivity index (χ2n) is 5.81. The molecule has 20 heavy (non-hydrogen) atoms. The summed E-state index contributed by atoms with van der Waals surface area (Å²) >= 11 is 1.65. The van der Waals surface area contributed by atoms with E-state index in [-0.39, 0.29) is 12.5 Å². The van der Waals surface area contributed by atoms with E-state index in [0.717, 1.165) is 10.8 Å². The molecule has 0 bridgehead atoms. The van der Waals surface area contributed by atoms with Gasteiger partial charge in [0.05, 0.1) is 12.5 Å². The Hall–Kier alpha value is -0.870. The van der Waals surface area contributed by atoms with Crippen LogP contribution in [0.3, 0.4) is 0 Å². The molecule has 0 saturated heterocycles. The van der Waals surface area contributed by atoms with Crippen molar-refractivity contribution < 1.29 is 9.90 Å². The number of carbonyl (C=O) groups is 1.